The zero-order valence-corrected chi connectivity index (χ0v) is 13.0. The van der Waals surface area contributed by atoms with Crippen LogP contribution in [0.4, 0.5) is 0 Å². The molecule has 2 aliphatic rings. The summed E-state index contributed by atoms with van der Waals surface area (Å²) < 4.78 is 0. The molecule has 0 aromatic heterocycles. The molecule has 2 fully saturated rings. The van der Waals surface area contributed by atoms with Crippen LogP contribution in [0.25, 0.3) is 0 Å². The Balaban J connectivity index is 1.80. The summed E-state index contributed by atoms with van der Waals surface area (Å²) in [5.41, 5.74) is 0. The summed E-state index contributed by atoms with van der Waals surface area (Å²) in [4.78, 5) is 27.4. The van der Waals surface area contributed by atoms with Gasteiger partial charge in [0.15, 0.2) is 0 Å². The fourth-order valence-electron chi connectivity index (χ4n) is 3.34. The summed E-state index contributed by atoms with van der Waals surface area (Å²) in [5.74, 6) is -0.550. The van der Waals surface area contributed by atoms with Gasteiger partial charge in [-0.1, -0.05) is 13.8 Å². The van der Waals surface area contributed by atoms with E-state index in [1.54, 1.807) is 0 Å². The minimum Gasteiger partial charge on any atom is -0.480 e. The second-order valence-electron chi connectivity index (χ2n) is 6.38. The first-order chi connectivity index (χ1) is 9.99. The van der Waals surface area contributed by atoms with Crippen LogP contribution in [0.3, 0.4) is 0 Å². The summed E-state index contributed by atoms with van der Waals surface area (Å²) >= 11 is 0. The van der Waals surface area contributed by atoms with E-state index in [-0.39, 0.29) is 11.9 Å². The van der Waals surface area contributed by atoms with Gasteiger partial charge in [-0.3, -0.25) is 14.5 Å². The number of carbonyl (C=O) groups excluding carboxylic acids is 1. The van der Waals surface area contributed by atoms with Gasteiger partial charge in [-0.2, -0.15) is 0 Å². The molecular formula is C15H27N3O3. The second-order valence-corrected chi connectivity index (χ2v) is 6.38. The van der Waals surface area contributed by atoms with Crippen molar-refractivity contribution < 1.29 is 14.7 Å². The lowest BCUT2D eigenvalue weighted by atomic mass is 10.0. The van der Waals surface area contributed by atoms with Crippen LogP contribution in [-0.4, -0.2) is 71.1 Å². The third-order valence-corrected chi connectivity index (χ3v) is 4.53. The average molecular weight is 297 g/mol. The number of aliphatic carboxylic acids is 1. The summed E-state index contributed by atoms with van der Waals surface area (Å²) in [7, 11) is 0. The number of likely N-dealkylation sites (tertiary alicyclic amines) is 2. The molecular weight excluding hydrogens is 270 g/mol. The van der Waals surface area contributed by atoms with Crippen LogP contribution in [-0.2, 0) is 9.59 Å². The SMILES string of the molecule is CC(C)NCC(=O)N1CCC(N2CCCC2C(=O)O)CC1. The Bertz CT molecular complexity index is 378. The van der Waals surface area contributed by atoms with Crippen LogP contribution in [0.15, 0.2) is 0 Å². The van der Waals surface area contributed by atoms with E-state index in [1.807, 2.05) is 18.7 Å². The molecule has 2 heterocycles. The van der Waals surface area contributed by atoms with Gasteiger partial charge in [0.25, 0.3) is 0 Å². The lowest BCUT2D eigenvalue weighted by molar-refractivity contribution is -0.144. The summed E-state index contributed by atoms with van der Waals surface area (Å²) in [6.45, 7) is 6.81. The quantitative estimate of drug-likeness (QED) is 0.774. The van der Waals surface area contributed by atoms with E-state index in [0.717, 1.165) is 45.3 Å². The van der Waals surface area contributed by atoms with E-state index in [0.29, 0.717) is 18.6 Å². The Morgan fingerprint density at radius 3 is 2.43 bits per heavy atom. The molecule has 1 unspecified atom stereocenters. The molecule has 0 aromatic rings. The monoisotopic (exact) mass is 297 g/mol. The fraction of sp³-hybridized carbons (Fsp3) is 0.867. The lowest BCUT2D eigenvalue weighted by Gasteiger charge is -2.38. The first-order valence-corrected chi connectivity index (χ1v) is 7.98. The van der Waals surface area contributed by atoms with E-state index in [4.69, 9.17) is 0 Å². The minimum atomic E-state index is -0.702. The maximum absolute atomic E-state index is 12.1. The number of rotatable bonds is 5. The Hall–Kier alpha value is -1.14. The predicted octanol–water partition coefficient (Wildman–Crippen LogP) is 0.524. The highest BCUT2D eigenvalue weighted by molar-refractivity contribution is 5.78. The number of nitrogens with one attached hydrogen (secondary N) is 1. The van der Waals surface area contributed by atoms with Gasteiger partial charge in [-0.05, 0) is 32.2 Å². The third kappa shape index (κ3) is 4.17. The van der Waals surface area contributed by atoms with Crippen molar-refractivity contribution in [3.8, 4) is 0 Å². The van der Waals surface area contributed by atoms with E-state index in [9.17, 15) is 14.7 Å². The summed E-state index contributed by atoms with van der Waals surface area (Å²) in [6, 6.07) is 0.308. The number of piperidine rings is 1. The van der Waals surface area contributed by atoms with E-state index < -0.39 is 5.97 Å². The molecule has 2 rings (SSSR count). The molecule has 0 aromatic carbocycles. The molecule has 0 radical (unpaired) electrons. The Kier molecular flexibility index (Phi) is 5.58. The molecule has 120 valence electrons. The van der Waals surface area contributed by atoms with Crippen molar-refractivity contribution in [2.45, 2.75) is 57.7 Å². The van der Waals surface area contributed by atoms with Crippen molar-refractivity contribution in [2.75, 3.05) is 26.2 Å². The summed E-state index contributed by atoms with van der Waals surface area (Å²) in [6.07, 6.45) is 3.50. The number of amides is 1. The molecule has 2 saturated heterocycles. The van der Waals surface area contributed by atoms with Crippen molar-refractivity contribution in [1.82, 2.24) is 15.1 Å². The highest BCUT2D eigenvalue weighted by Gasteiger charge is 2.37. The number of carboxylic acid groups (broad SMARTS) is 1. The predicted molar refractivity (Wildman–Crippen MR) is 80.1 cm³/mol. The molecule has 1 amide bonds. The second kappa shape index (κ2) is 7.22. The fourth-order valence-corrected chi connectivity index (χ4v) is 3.34. The van der Waals surface area contributed by atoms with E-state index >= 15 is 0 Å². The number of carboxylic acids is 1. The number of nitrogens with zero attached hydrogens (tertiary/aromatic N) is 2. The molecule has 2 N–H and O–H groups in total. The molecule has 0 saturated carbocycles. The van der Waals surface area contributed by atoms with Crippen molar-refractivity contribution in [3.63, 3.8) is 0 Å². The molecule has 0 bridgehead atoms. The van der Waals surface area contributed by atoms with Gasteiger partial charge in [0.2, 0.25) is 5.91 Å². The zero-order chi connectivity index (χ0) is 15.4. The van der Waals surface area contributed by atoms with Gasteiger partial charge < -0.3 is 15.3 Å². The largest absolute Gasteiger partial charge is 0.480 e. The van der Waals surface area contributed by atoms with Crippen molar-refractivity contribution in [2.24, 2.45) is 0 Å². The smallest absolute Gasteiger partial charge is 0.320 e. The first kappa shape index (κ1) is 16.2. The molecule has 0 aliphatic carbocycles. The van der Waals surface area contributed by atoms with Crippen LogP contribution >= 0.6 is 0 Å². The van der Waals surface area contributed by atoms with Crippen LogP contribution in [0.5, 0.6) is 0 Å². The highest BCUT2D eigenvalue weighted by Crippen LogP contribution is 2.26. The van der Waals surface area contributed by atoms with Crippen LogP contribution in [0.1, 0.15) is 39.5 Å². The number of hydrogen-bond acceptors (Lipinski definition) is 4. The molecule has 2 aliphatic heterocycles. The Morgan fingerprint density at radius 2 is 1.86 bits per heavy atom. The summed E-state index contributed by atoms with van der Waals surface area (Å²) in [5, 5.41) is 12.4. The van der Waals surface area contributed by atoms with Gasteiger partial charge in [-0.25, -0.2) is 0 Å². The lowest BCUT2D eigenvalue weighted by Crippen LogP contribution is -2.51. The van der Waals surface area contributed by atoms with Crippen molar-refractivity contribution in [3.05, 3.63) is 0 Å². The van der Waals surface area contributed by atoms with Crippen LogP contribution in [0.2, 0.25) is 0 Å². The third-order valence-electron chi connectivity index (χ3n) is 4.53. The standard InChI is InChI=1S/C15H27N3O3/c1-11(2)16-10-14(19)17-8-5-12(6-9-17)18-7-3-4-13(18)15(20)21/h11-13,16H,3-10H2,1-2H3,(H,20,21). The van der Waals surface area contributed by atoms with Crippen molar-refractivity contribution in [1.29, 1.82) is 0 Å². The van der Waals surface area contributed by atoms with Gasteiger partial charge in [0.1, 0.15) is 6.04 Å². The molecule has 21 heavy (non-hydrogen) atoms. The van der Waals surface area contributed by atoms with E-state index in [1.165, 1.54) is 0 Å². The Morgan fingerprint density at radius 1 is 1.19 bits per heavy atom. The van der Waals surface area contributed by atoms with Gasteiger partial charge in [-0.15, -0.1) is 0 Å². The number of carbonyl (C=O) groups is 2. The molecule has 6 heteroatoms. The number of hydrogen-bond donors (Lipinski definition) is 2. The molecule has 0 spiro atoms. The maximum atomic E-state index is 12.1. The maximum Gasteiger partial charge on any atom is 0.320 e. The highest BCUT2D eigenvalue weighted by atomic mass is 16.4. The average Bonchev–Trinajstić information content (AvgIpc) is 2.94. The van der Waals surface area contributed by atoms with Crippen LogP contribution < -0.4 is 5.32 Å². The minimum absolute atomic E-state index is 0.151. The zero-order valence-electron chi connectivity index (χ0n) is 13.0. The van der Waals surface area contributed by atoms with E-state index in [2.05, 4.69) is 10.2 Å². The van der Waals surface area contributed by atoms with Crippen LogP contribution in [0, 0.1) is 0 Å². The topological polar surface area (TPSA) is 72.9 Å². The van der Waals surface area contributed by atoms with Gasteiger partial charge >= 0.3 is 5.97 Å². The normalized spacial score (nSPS) is 24.7. The van der Waals surface area contributed by atoms with Gasteiger partial charge in [0.05, 0.1) is 6.54 Å². The molecule has 6 nitrogen and oxygen atoms in total. The van der Waals surface area contributed by atoms with Crippen molar-refractivity contribution >= 4 is 11.9 Å². The Labute approximate surface area is 126 Å². The van der Waals surface area contributed by atoms with Gasteiger partial charge in [0, 0.05) is 25.2 Å². The molecule has 1 atom stereocenters. The first-order valence-electron chi connectivity index (χ1n) is 7.98.